The van der Waals surface area contributed by atoms with E-state index in [1.165, 1.54) is 0 Å². The maximum Gasteiger partial charge on any atom is 0.339 e. The molecule has 7 heteroatoms. The molecule has 4 rings (SSSR count). The third kappa shape index (κ3) is 4.33. The number of aliphatic carboxylic acids is 1. The van der Waals surface area contributed by atoms with Gasteiger partial charge >= 0.3 is 11.6 Å². The summed E-state index contributed by atoms with van der Waals surface area (Å²) in [7, 11) is 0. The molecule has 176 valence electrons. The molecule has 2 N–H and O–H groups in total. The maximum absolute atomic E-state index is 12.8. The van der Waals surface area contributed by atoms with E-state index >= 15 is 0 Å². The maximum atomic E-state index is 12.8. The van der Waals surface area contributed by atoms with Gasteiger partial charge in [0.2, 0.25) is 5.91 Å². The molecule has 0 aliphatic heterocycles. The minimum absolute atomic E-state index is 0.0270. The molecule has 2 aromatic carbocycles. The molecule has 1 amide bonds. The molecular formula is C27H27NO6. The number of furan rings is 1. The van der Waals surface area contributed by atoms with Crippen molar-refractivity contribution in [3.05, 3.63) is 80.4 Å². The van der Waals surface area contributed by atoms with Crippen molar-refractivity contribution in [1.29, 1.82) is 0 Å². The molecule has 0 saturated heterocycles. The molecule has 2 heterocycles. The van der Waals surface area contributed by atoms with Crippen molar-refractivity contribution in [2.45, 2.75) is 53.0 Å². The van der Waals surface area contributed by atoms with E-state index in [4.69, 9.17) is 8.83 Å². The molecule has 34 heavy (non-hydrogen) atoms. The summed E-state index contributed by atoms with van der Waals surface area (Å²) >= 11 is 0. The number of nitrogens with one attached hydrogen (secondary N) is 1. The first-order valence-electron chi connectivity index (χ1n) is 11.2. The van der Waals surface area contributed by atoms with Gasteiger partial charge in [-0.2, -0.15) is 0 Å². The molecule has 0 saturated carbocycles. The van der Waals surface area contributed by atoms with Crippen LogP contribution < -0.4 is 10.9 Å². The monoisotopic (exact) mass is 461 g/mol. The van der Waals surface area contributed by atoms with Gasteiger partial charge in [-0.15, -0.1) is 0 Å². The Morgan fingerprint density at radius 1 is 0.941 bits per heavy atom. The Morgan fingerprint density at radius 3 is 2.26 bits per heavy atom. The van der Waals surface area contributed by atoms with E-state index in [1.807, 2.05) is 64.1 Å². The summed E-state index contributed by atoms with van der Waals surface area (Å²) in [6.45, 7) is 7.59. The number of carboxylic acids is 1. The number of carboxylic acid groups (broad SMARTS) is 1. The predicted molar refractivity (Wildman–Crippen MR) is 129 cm³/mol. The fraction of sp³-hybridized carbons (Fsp3) is 0.296. The number of hydrogen-bond donors (Lipinski definition) is 2. The average Bonchev–Trinajstić information content (AvgIpc) is 3.09. The molecule has 2 aromatic heterocycles. The summed E-state index contributed by atoms with van der Waals surface area (Å²) in [5.74, 6) is -0.729. The zero-order valence-electron chi connectivity index (χ0n) is 19.7. The molecule has 0 bridgehead atoms. The second-order valence-electron chi connectivity index (χ2n) is 8.68. The number of aryl methyl sites for hydroxylation is 4. The van der Waals surface area contributed by atoms with Gasteiger partial charge in [0.05, 0.1) is 0 Å². The predicted octanol–water partition coefficient (Wildman–Crippen LogP) is 4.52. The van der Waals surface area contributed by atoms with E-state index in [0.717, 1.165) is 38.8 Å². The third-order valence-corrected chi connectivity index (χ3v) is 6.46. The average molecular weight is 462 g/mol. The van der Waals surface area contributed by atoms with Gasteiger partial charge < -0.3 is 19.3 Å². The lowest BCUT2D eigenvalue weighted by Gasteiger charge is -2.15. The molecule has 0 unspecified atom stereocenters. The Kier molecular flexibility index (Phi) is 6.28. The Balaban J connectivity index is 1.57. The SMILES string of the molecule is Cc1oc2c(C)c3oc(=O)c(CCC(=O)N[C@@H](Cc4ccccc4)C(=O)O)c(C)c3cc2c1C. The van der Waals surface area contributed by atoms with E-state index in [9.17, 15) is 19.5 Å². The largest absolute Gasteiger partial charge is 0.480 e. The van der Waals surface area contributed by atoms with Crippen molar-refractivity contribution in [1.82, 2.24) is 5.32 Å². The first kappa shape index (κ1) is 23.3. The highest BCUT2D eigenvalue weighted by Gasteiger charge is 2.22. The second kappa shape index (κ2) is 9.17. The fourth-order valence-corrected chi connectivity index (χ4v) is 4.34. The van der Waals surface area contributed by atoms with Crippen LogP contribution in [0.5, 0.6) is 0 Å². The highest BCUT2D eigenvalue weighted by molar-refractivity contribution is 6.00. The van der Waals surface area contributed by atoms with Crippen LogP contribution in [0.4, 0.5) is 0 Å². The van der Waals surface area contributed by atoms with Gasteiger partial charge in [-0.1, -0.05) is 30.3 Å². The Hall–Kier alpha value is -3.87. The van der Waals surface area contributed by atoms with Crippen LogP contribution in [0.3, 0.4) is 0 Å². The first-order valence-corrected chi connectivity index (χ1v) is 11.2. The number of benzene rings is 2. The smallest absolute Gasteiger partial charge is 0.339 e. The van der Waals surface area contributed by atoms with Crippen LogP contribution in [0.15, 0.2) is 50.0 Å². The molecule has 4 aromatic rings. The van der Waals surface area contributed by atoms with Gasteiger partial charge in [0, 0.05) is 34.7 Å². The Labute approximate surface area is 196 Å². The number of rotatable bonds is 7. The lowest BCUT2D eigenvalue weighted by atomic mass is 9.98. The number of carbonyl (C=O) groups excluding carboxylic acids is 1. The molecule has 0 aliphatic rings. The molecule has 7 nitrogen and oxygen atoms in total. The molecular weight excluding hydrogens is 434 g/mol. The van der Waals surface area contributed by atoms with Gasteiger partial charge in [-0.3, -0.25) is 4.79 Å². The van der Waals surface area contributed by atoms with E-state index < -0.39 is 23.5 Å². The van der Waals surface area contributed by atoms with Crippen LogP contribution in [-0.4, -0.2) is 23.0 Å². The minimum Gasteiger partial charge on any atom is -0.480 e. The van der Waals surface area contributed by atoms with E-state index in [-0.39, 0.29) is 19.3 Å². The summed E-state index contributed by atoms with van der Waals surface area (Å²) in [5.41, 5.74) is 4.45. The zero-order valence-corrected chi connectivity index (χ0v) is 19.7. The van der Waals surface area contributed by atoms with Crippen molar-refractivity contribution in [2.24, 2.45) is 0 Å². The fourth-order valence-electron chi connectivity index (χ4n) is 4.34. The van der Waals surface area contributed by atoms with Crippen LogP contribution in [-0.2, 0) is 22.4 Å². The summed E-state index contributed by atoms with van der Waals surface area (Å²) in [5, 5.41) is 13.9. The molecule has 0 spiro atoms. The first-order chi connectivity index (χ1) is 16.2. The topological polar surface area (TPSA) is 110 Å². The summed E-state index contributed by atoms with van der Waals surface area (Å²) in [6, 6.07) is 10.0. The van der Waals surface area contributed by atoms with Gasteiger partial charge in [0.1, 0.15) is 23.0 Å². The second-order valence-corrected chi connectivity index (χ2v) is 8.68. The van der Waals surface area contributed by atoms with Gasteiger partial charge in [-0.05, 0) is 56.9 Å². The quantitative estimate of drug-likeness (QED) is 0.392. The van der Waals surface area contributed by atoms with Crippen LogP contribution in [0, 0.1) is 27.7 Å². The van der Waals surface area contributed by atoms with Gasteiger partial charge in [-0.25, -0.2) is 9.59 Å². The third-order valence-electron chi connectivity index (χ3n) is 6.46. The summed E-state index contributed by atoms with van der Waals surface area (Å²) in [6.07, 6.45) is 0.298. The van der Waals surface area contributed by atoms with Gasteiger partial charge in [0.15, 0.2) is 0 Å². The van der Waals surface area contributed by atoms with Crippen LogP contribution in [0.1, 0.15) is 40.0 Å². The number of fused-ring (bicyclic) bond motifs is 2. The summed E-state index contributed by atoms with van der Waals surface area (Å²) < 4.78 is 11.5. The standard InChI is InChI=1S/C27H27NO6/c1-14-17(4)33-24-16(3)25-21(13-20(14)24)15(2)19(27(32)34-25)10-11-23(29)28-22(26(30)31)12-18-8-6-5-7-9-18/h5-9,13,22H,10-12H2,1-4H3,(H,28,29)(H,30,31)/t22-/m0/s1. The number of amides is 1. The zero-order chi connectivity index (χ0) is 24.6. The number of hydrogen-bond acceptors (Lipinski definition) is 5. The van der Waals surface area contributed by atoms with E-state index in [1.54, 1.807) is 0 Å². The Morgan fingerprint density at radius 2 is 1.59 bits per heavy atom. The van der Waals surface area contributed by atoms with E-state index in [0.29, 0.717) is 16.7 Å². The molecule has 0 fully saturated rings. The highest BCUT2D eigenvalue weighted by Crippen LogP contribution is 2.34. The molecule has 0 aliphatic carbocycles. The van der Waals surface area contributed by atoms with Gasteiger partial charge in [0.25, 0.3) is 0 Å². The van der Waals surface area contributed by atoms with Crippen molar-refractivity contribution >= 4 is 33.8 Å². The van der Waals surface area contributed by atoms with Crippen LogP contribution in [0.2, 0.25) is 0 Å². The number of carbonyl (C=O) groups is 2. The van der Waals surface area contributed by atoms with Crippen LogP contribution >= 0.6 is 0 Å². The van der Waals surface area contributed by atoms with Crippen molar-refractivity contribution in [3.8, 4) is 0 Å². The highest BCUT2D eigenvalue weighted by atomic mass is 16.4. The van der Waals surface area contributed by atoms with Crippen LogP contribution in [0.25, 0.3) is 21.9 Å². The minimum atomic E-state index is -1.11. The van der Waals surface area contributed by atoms with Crippen molar-refractivity contribution in [2.75, 3.05) is 0 Å². The lowest BCUT2D eigenvalue weighted by Crippen LogP contribution is -2.42. The molecule has 0 radical (unpaired) electrons. The normalized spacial score (nSPS) is 12.2. The van der Waals surface area contributed by atoms with Crippen molar-refractivity contribution in [3.63, 3.8) is 0 Å². The van der Waals surface area contributed by atoms with E-state index in [2.05, 4.69) is 5.32 Å². The lowest BCUT2D eigenvalue weighted by molar-refractivity contribution is -0.141. The summed E-state index contributed by atoms with van der Waals surface area (Å²) in [4.78, 5) is 37.0. The van der Waals surface area contributed by atoms with Crippen molar-refractivity contribution < 1.29 is 23.5 Å². The Bertz CT molecular complexity index is 1460. The molecule has 1 atom stereocenters.